The lowest BCUT2D eigenvalue weighted by Crippen LogP contribution is -2.53. The van der Waals surface area contributed by atoms with Gasteiger partial charge in [0.15, 0.2) is 8.32 Å². The molecule has 0 spiro atoms. The summed E-state index contributed by atoms with van der Waals surface area (Å²) in [5.41, 5.74) is 0.659. The van der Waals surface area contributed by atoms with Crippen LogP contribution in [-0.2, 0) is 31.3 Å². The molecule has 0 amide bonds. The Bertz CT molecular complexity index is 822. The van der Waals surface area contributed by atoms with Crippen molar-refractivity contribution in [1.82, 2.24) is 0 Å². The van der Waals surface area contributed by atoms with Crippen LogP contribution in [0.4, 0.5) is 0 Å². The van der Waals surface area contributed by atoms with Crippen molar-refractivity contribution >= 4 is 19.1 Å². The SMILES string of the molecule is COc1ccc(S(=O)C2CC(OCc3ccccc3)C(O[Si](C)(C)C)C(C)O2)cc1. The molecule has 1 heterocycles. The quantitative estimate of drug-likeness (QED) is 0.546. The minimum atomic E-state index is -1.81. The molecule has 0 N–H and O–H groups in total. The van der Waals surface area contributed by atoms with E-state index in [0.717, 1.165) is 16.2 Å². The van der Waals surface area contributed by atoms with Gasteiger partial charge in [0.1, 0.15) is 11.2 Å². The molecule has 3 rings (SSSR count). The van der Waals surface area contributed by atoms with Crippen LogP contribution < -0.4 is 4.74 Å². The highest BCUT2D eigenvalue weighted by atomic mass is 32.2. The van der Waals surface area contributed by atoms with Crippen LogP contribution in [0.1, 0.15) is 18.9 Å². The van der Waals surface area contributed by atoms with Crippen LogP contribution in [0.2, 0.25) is 19.6 Å². The topological polar surface area (TPSA) is 54.0 Å². The zero-order valence-electron chi connectivity index (χ0n) is 18.4. The Hall–Kier alpha value is -1.51. The Kier molecular flexibility index (Phi) is 7.87. The molecule has 1 aliphatic heterocycles. The van der Waals surface area contributed by atoms with Crippen molar-refractivity contribution in [1.29, 1.82) is 0 Å². The number of ether oxygens (including phenoxy) is 3. The summed E-state index contributed by atoms with van der Waals surface area (Å²) in [6.07, 6.45) is -0.0545. The van der Waals surface area contributed by atoms with Crippen molar-refractivity contribution in [2.24, 2.45) is 0 Å². The van der Waals surface area contributed by atoms with Gasteiger partial charge in [-0.25, -0.2) is 0 Å². The number of hydrogen-bond donors (Lipinski definition) is 0. The van der Waals surface area contributed by atoms with Crippen LogP contribution in [0.3, 0.4) is 0 Å². The van der Waals surface area contributed by atoms with Gasteiger partial charge in [0.05, 0.1) is 42.8 Å². The molecule has 0 radical (unpaired) electrons. The van der Waals surface area contributed by atoms with Crippen molar-refractivity contribution in [3.05, 3.63) is 60.2 Å². The molecule has 2 aromatic rings. The summed E-state index contributed by atoms with van der Waals surface area (Å²) in [6.45, 7) is 8.97. The molecule has 0 aliphatic carbocycles. The van der Waals surface area contributed by atoms with Crippen LogP contribution >= 0.6 is 0 Å². The zero-order valence-corrected chi connectivity index (χ0v) is 20.2. The second-order valence-corrected chi connectivity index (χ2v) is 14.6. The Labute approximate surface area is 183 Å². The van der Waals surface area contributed by atoms with E-state index in [-0.39, 0.29) is 18.3 Å². The van der Waals surface area contributed by atoms with E-state index in [1.165, 1.54) is 0 Å². The molecular formula is C23H32O5SSi. The predicted octanol–water partition coefficient (Wildman–Crippen LogP) is 4.74. The third-order valence-electron chi connectivity index (χ3n) is 4.95. The van der Waals surface area contributed by atoms with Gasteiger partial charge in [-0.15, -0.1) is 0 Å². The monoisotopic (exact) mass is 448 g/mol. The molecule has 164 valence electrons. The van der Waals surface area contributed by atoms with Gasteiger partial charge in [0.25, 0.3) is 0 Å². The number of benzene rings is 2. The average molecular weight is 449 g/mol. The fraction of sp³-hybridized carbons (Fsp3) is 0.478. The molecule has 7 heteroatoms. The highest BCUT2D eigenvalue weighted by molar-refractivity contribution is 7.85. The van der Waals surface area contributed by atoms with E-state index in [9.17, 15) is 4.21 Å². The maximum absolute atomic E-state index is 13.2. The highest BCUT2D eigenvalue weighted by Crippen LogP contribution is 2.31. The fourth-order valence-corrected chi connectivity index (χ4v) is 6.03. The fourth-order valence-electron chi connectivity index (χ4n) is 3.52. The molecule has 1 fully saturated rings. The van der Waals surface area contributed by atoms with Crippen molar-refractivity contribution in [2.75, 3.05) is 7.11 Å². The van der Waals surface area contributed by atoms with E-state index in [0.29, 0.717) is 13.0 Å². The van der Waals surface area contributed by atoms with Gasteiger partial charge < -0.3 is 18.6 Å². The summed E-state index contributed by atoms with van der Waals surface area (Å²) < 4.78 is 37.3. The maximum atomic E-state index is 13.2. The molecule has 5 atom stereocenters. The standard InChI is InChI=1S/C23H32O5SSi/c1-17-23(28-30(3,4)5)21(26-16-18-9-7-6-8-10-18)15-22(27-17)29(24)20-13-11-19(25-2)12-14-20/h6-14,17,21-23H,15-16H2,1-5H3. The normalized spacial score (nSPS) is 25.6. The minimum Gasteiger partial charge on any atom is -0.497 e. The molecule has 0 aromatic heterocycles. The van der Waals surface area contributed by atoms with Crippen molar-refractivity contribution in [3.63, 3.8) is 0 Å². The second kappa shape index (κ2) is 10.2. The molecule has 5 nitrogen and oxygen atoms in total. The molecule has 5 unspecified atom stereocenters. The predicted molar refractivity (Wildman–Crippen MR) is 122 cm³/mol. The second-order valence-electron chi connectivity index (χ2n) is 8.51. The summed E-state index contributed by atoms with van der Waals surface area (Å²) in [7, 11) is -1.50. The number of hydrogen-bond acceptors (Lipinski definition) is 5. The van der Waals surface area contributed by atoms with Crippen LogP contribution in [0.15, 0.2) is 59.5 Å². The van der Waals surface area contributed by atoms with E-state index in [4.69, 9.17) is 18.6 Å². The third kappa shape index (κ3) is 6.25. The number of rotatable bonds is 8. The first-order chi connectivity index (χ1) is 14.3. The first kappa shape index (κ1) is 23.2. The zero-order chi connectivity index (χ0) is 21.7. The van der Waals surface area contributed by atoms with Crippen LogP contribution in [-0.4, -0.2) is 43.4 Å². The van der Waals surface area contributed by atoms with E-state index >= 15 is 0 Å². The summed E-state index contributed by atoms with van der Waals surface area (Å²) in [6, 6.07) is 17.4. The van der Waals surface area contributed by atoms with Crippen molar-refractivity contribution in [2.45, 2.75) is 68.2 Å². The Morgan fingerprint density at radius 3 is 2.33 bits per heavy atom. The minimum absolute atomic E-state index is 0.176. The molecule has 30 heavy (non-hydrogen) atoms. The molecular weight excluding hydrogens is 416 g/mol. The van der Waals surface area contributed by atoms with Crippen LogP contribution in [0.25, 0.3) is 0 Å². The number of methoxy groups -OCH3 is 1. The van der Waals surface area contributed by atoms with Crippen LogP contribution in [0, 0.1) is 0 Å². The van der Waals surface area contributed by atoms with Crippen LogP contribution in [0.5, 0.6) is 5.75 Å². The summed E-state index contributed by atoms with van der Waals surface area (Å²) >= 11 is 0. The van der Waals surface area contributed by atoms with E-state index in [2.05, 4.69) is 19.6 Å². The Morgan fingerprint density at radius 1 is 1.07 bits per heavy atom. The summed E-state index contributed by atoms with van der Waals surface area (Å²) in [4.78, 5) is 0.722. The maximum Gasteiger partial charge on any atom is 0.184 e. The van der Waals surface area contributed by atoms with E-state index in [1.807, 2.05) is 61.5 Å². The van der Waals surface area contributed by atoms with Crippen molar-refractivity contribution < 1.29 is 22.8 Å². The lowest BCUT2D eigenvalue weighted by Gasteiger charge is -2.42. The lowest BCUT2D eigenvalue weighted by atomic mass is 10.0. The van der Waals surface area contributed by atoms with E-state index < -0.39 is 24.6 Å². The van der Waals surface area contributed by atoms with Gasteiger partial charge in [-0.05, 0) is 56.4 Å². The average Bonchev–Trinajstić information content (AvgIpc) is 2.73. The molecule has 1 aliphatic rings. The summed E-state index contributed by atoms with van der Waals surface area (Å²) in [5, 5.41) is 0. The first-order valence-corrected chi connectivity index (χ1v) is 14.9. The Morgan fingerprint density at radius 2 is 1.73 bits per heavy atom. The molecule has 0 bridgehead atoms. The van der Waals surface area contributed by atoms with Gasteiger partial charge in [-0.2, -0.15) is 0 Å². The van der Waals surface area contributed by atoms with E-state index in [1.54, 1.807) is 7.11 Å². The first-order valence-electron chi connectivity index (χ1n) is 10.3. The molecule has 0 saturated carbocycles. The third-order valence-corrected chi connectivity index (χ3v) is 7.44. The lowest BCUT2D eigenvalue weighted by molar-refractivity contribution is -0.155. The highest BCUT2D eigenvalue weighted by Gasteiger charge is 2.42. The van der Waals surface area contributed by atoms with Gasteiger partial charge in [0.2, 0.25) is 0 Å². The van der Waals surface area contributed by atoms with Gasteiger partial charge in [-0.1, -0.05) is 30.3 Å². The largest absolute Gasteiger partial charge is 0.497 e. The van der Waals surface area contributed by atoms with Crippen molar-refractivity contribution in [3.8, 4) is 5.75 Å². The van der Waals surface area contributed by atoms with Gasteiger partial charge in [0, 0.05) is 11.3 Å². The smallest absolute Gasteiger partial charge is 0.184 e. The summed E-state index contributed by atoms with van der Waals surface area (Å²) in [5.74, 6) is 0.737. The molecule has 2 aromatic carbocycles. The van der Waals surface area contributed by atoms with Gasteiger partial charge >= 0.3 is 0 Å². The van der Waals surface area contributed by atoms with Gasteiger partial charge in [-0.3, -0.25) is 4.21 Å². The Balaban J connectivity index is 1.76. The molecule has 1 saturated heterocycles.